The van der Waals surface area contributed by atoms with E-state index in [2.05, 4.69) is 10.2 Å². The molecule has 140 valence electrons. The molecule has 0 aliphatic heterocycles. The smallest absolute Gasteiger partial charge is 0.266 e. The first-order valence-electron chi connectivity index (χ1n) is 8.64. The molecule has 0 radical (unpaired) electrons. The maximum atomic E-state index is 12.4. The summed E-state index contributed by atoms with van der Waals surface area (Å²) in [5.41, 5.74) is 3.15. The van der Waals surface area contributed by atoms with Gasteiger partial charge in [0.15, 0.2) is 0 Å². The molecule has 0 saturated heterocycles. The molecular weight excluding hydrogens is 362 g/mol. The summed E-state index contributed by atoms with van der Waals surface area (Å²) in [6.07, 6.45) is 1.56. The topological polar surface area (TPSA) is 76.4 Å². The lowest BCUT2D eigenvalue weighted by Gasteiger charge is -2.22. The SMILES string of the molecule is CCN(CCO)c1ccc(/C=C(\C#N)C(=O)Nc2ccccc2Cl)c(C)c1. The summed E-state index contributed by atoms with van der Waals surface area (Å²) < 4.78 is 0. The van der Waals surface area contributed by atoms with E-state index in [0.29, 0.717) is 17.3 Å². The zero-order chi connectivity index (χ0) is 19.8. The van der Waals surface area contributed by atoms with Crippen LogP contribution in [0, 0.1) is 18.3 Å². The zero-order valence-corrected chi connectivity index (χ0v) is 16.1. The summed E-state index contributed by atoms with van der Waals surface area (Å²) in [4.78, 5) is 14.5. The Morgan fingerprint density at radius 1 is 1.33 bits per heavy atom. The van der Waals surface area contributed by atoms with E-state index in [-0.39, 0.29) is 12.2 Å². The van der Waals surface area contributed by atoms with E-state index in [1.807, 2.05) is 38.1 Å². The molecule has 5 nitrogen and oxygen atoms in total. The van der Waals surface area contributed by atoms with Gasteiger partial charge in [-0.05, 0) is 55.3 Å². The number of nitriles is 1. The molecule has 0 spiro atoms. The predicted molar refractivity (Wildman–Crippen MR) is 110 cm³/mol. The van der Waals surface area contributed by atoms with E-state index in [1.54, 1.807) is 30.3 Å². The average Bonchev–Trinajstić information content (AvgIpc) is 2.66. The zero-order valence-electron chi connectivity index (χ0n) is 15.4. The normalized spacial score (nSPS) is 11.0. The standard InChI is InChI=1S/C21H22ClN3O2/c1-3-25(10-11-26)18-9-8-16(15(2)12-18)13-17(14-23)21(27)24-20-7-5-4-6-19(20)22/h4-9,12-13,26H,3,10-11H2,1-2H3,(H,24,27)/b17-13+. The van der Waals surface area contributed by atoms with Crippen molar-refractivity contribution >= 4 is 35.0 Å². The summed E-state index contributed by atoms with van der Waals surface area (Å²) in [5, 5.41) is 21.6. The number of nitrogens with one attached hydrogen (secondary N) is 1. The minimum absolute atomic E-state index is 0.00604. The highest BCUT2D eigenvalue weighted by Crippen LogP contribution is 2.23. The van der Waals surface area contributed by atoms with Crippen LogP contribution in [0.15, 0.2) is 48.0 Å². The number of amides is 1. The van der Waals surface area contributed by atoms with Gasteiger partial charge in [0.1, 0.15) is 11.6 Å². The number of nitrogens with zero attached hydrogens (tertiary/aromatic N) is 2. The monoisotopic (exact) mass is 383 g/mol. The second-order valence-electron chi connectivity index (χ2n) is 5.95. The summed E-state index contributed by atoms with van der Waals surface area (Å²) >= 11 is 6.05. The first-order valence-corrected chi connectivity index (χ1v) is 9.02. The molecule has 0 aromatic heterocycles. The number of anilines is 2. The fourth-order valence-corrected chi connectivity index (χ4v) is 2.85. The number of aliphatic hydroxyl groups excluding tert-OH is 1. The summed E-state index contributed by atoms with van der Waals surface area (Å²) in [7, 11) is 0. The maximum Gasteiger partial charge on any atom is 0.266 e. The second kappa shape index (κ2) is 9.77. The molecule has 0 aliphatic carbocycles. The van der Waals surface area contributed by atoms with E-state index >= 15 is 0 Å². The minimum atomic E-state index is -0.510. The Balaban J connectivity index is 2.25. The van der Waals surface area contributed by atoms with Gasteiger partial charge in [-0.25, -0.2) is 0 Å². The van der Waals surface area contributed by atoms with E-state index in [9.17, 15) is 10.1 Å². The summed E-state index contributed by atoms with van der Waals surface area (Å²) in [6, 6.07) is 14.6. The van der Waals surface area contributed by atoms with Crippen molar-refractivity contribution < 1.29 is 9.90 Å². The van der Waals surface area contributed by atoms with Gasteiger partial charge in [0.2, 0.25) is 0 Å². The number of carbonyl (C=O) groups is 1. The molecule has 27 heavy (non-hydrogen) atoms. The number of para-hydroxylation sites is 1. The third-order valence-corrected chi connectivity index (χ3v) is 4.49. The molecule has 2 aromatic rings. The first kappa shape index (κ1) is 20.5. The van der Waals surface area contributed by atoms with Crippen LogP contribution in [0.5, 0.6) is 0 Å². The summed E-state index contributed by atoms with van der Waals surface area (Å²) in [6.45, 7) is 5.34. The highest BCUT2D eigenvalue weighted by atomic mass is 35.5. The Morgan fingerprint density at radius 3 is 2.67 bits per heavy atom. The van der Waals surface area contributed by atoms with Crippen molar-refractivity contribution in [2.75, 3.05) is 29.9 Å². The number of likely N-dealkylation sites (N-methyl/N-ethyl adjacent to an activating group) is 1. The molecule has 0 unspecified atom stereocenters. The predicted octanol–water partition coefficient (Wildman–Crippen LogP) is 4.01. The number of aryl methyl sites for hydroxylation is 1. The van der Waals surface area contributed by atoms with Gasteiger partial charge in [0, 0.05) is 18.8 Å². The lowest BCUT2D eigenvalue weighted by molar-refractivity contribution is -0.112. The molecule has 0 aliphatic rings. The highest BCUT2D eigenvalue weighted by molar-refractivity contribution is 6.34. The van der Waals surface area contributed by atoms with Crippen molar-refractivity contribution in [2.24, 2.45) is 0 Å². The Labute approximate surface area is 164 Å². The number of hydrogen-bond donors (Lipinski definition) is 2. The molecule has 0 saturated carbocycles. The number of carbonyl (C=O) groups excluding carboxylic acids is 1. The van der Waals surface area contributed by atoms with Crippen LogP contribution in [0.3, 0.4) is 0 Å². The Hall–Kier alpha value is -2.81. The molecule has 0 atom stereocenters. The Kier molecular flexibility index (Phi) is 7.42. The van der Waals surface area contributed by atoms with Gasteiger partial charge in [-0.15, -0.1) is 0 Å². The van der Waals surface area contributed by atoms with Crippen LogP contribution in [-0.4, -0.2) is 30.7 Å². The van der Waals surface area contributed by atoms with Crippen LogP contribution in [0.25, 0.3) is 6.08 Å². The van der Waals surface area contributed by atoms with Crippen LogP contribution in [0.2, 0.25) is 5.02 Å². The van der Waals surface area contributed by atoms with Gasteiger partial charge in [-0.1, -0.05) is 29.8 Å². The van der Waals surface area contributed by atoms with Crippen molar-refractivity contribution in [1.82, 2.24) is 0 Å². The van der Waals surface area contributed by atoms with Crippen molar-refractivity contribution in [3.63, 3.8) is 0 Å². The van der Waals surface area contributed by atoms with Gasteiger partial charge in [0.05, 0.1) is 17.3 Å². The number of halogens is 1. The van der Waals surface area contributed by atoms with Gasteiger partial charge < -0.3 is 15.3 Å². The Bertz CT molecular complexity index is 887. The van der Waals surface area contributed by atoms with Gasteiger partial charge in [-0.2, -0.15) is 5.26 Å². The maximum absolute atomic E-state index is 12.4. The van der Waals surface area contributed by atoms with E-state index in [4.69, 9.17) is 16.7 Å². The van der Waals surface area contributed by atoms with E-state index in [1.165, 1.54) is 0 Å². The minimum Gasteiger partial charge on any atom is -0.395 e. The number of hydrogen-bond acceptors (Lipinski definition) is 4. The lowest BCUT2D eigenvalue weighted by atomic mass is 10.0. The van der Waals surface area contributed by atoms with Crippen LogP contribution >= 0.6 is 11.6 Å². The van der Waals surface area contributed by atoms with E-state index < -0.39 is 5.91 Å². The molecule has 0 heterocycles. The molecular formula is C21H22ClN3O2. The molecule has 2 aromatic carbocycles. The first-order chi connectivity index (χ1) is 13.0. The molecule has 6 heteroatoms. The number of benzene rings is 2. The molecule has 2 rings (SSSR count). The van der Waals surface area contributed by atoms with Crippen LogP contribution in [0.1, 0.15) is 18.1 Å². The van der Waals surface area contributed by atoms with Gasteiger partial charge >= 0.3 is 0 Å². The van der Waals surface area contributed by atoms with Crippen molar-refractivity contribution in [1.29, 1.82) is 5.26 Å². The van der Waals surface area contributed by atoms with Gasteiger partial charge in [-0.3, -0.25) is 4.79 Å². The molecule has 1 amide bonds. The lowest BCUT2D eigenvalue weighted by Crippen LogP contribution is -2.26. The highest BCUT2D eigenvalue weighted by Gasteiger charge is 2.12. The third-order valence-electron chi connectivity index (χ3n) is 4.16. The Morgan fingerprint density at radius 2 is 2.07 bits per heavy atom. The quantitative estimate of drug-likeness (QED) is 0.559. The molecule has 2 N–H and O–H groups in total. The fraction of sp³-hybridized carbons (Fsp3) is 0.238. The van der Waals surface area contributed by atoms with Crippen molar-refractivity contribution in [3.05, 3.63) is 64.2 Å². The second-order valence-corrected chi connectivity index (χ2v) is 6.36. The average molecular weight is 384 g/mol. The van der Waals surface area contributed by atoms with Crippen molar-refractivity contribution in [3.8, 4) is 6.07 Å². The molecule has 0 fully saturated rings. The van der Waals surface area contributed by atoms with Crippen LogP contribution < -0.4 is 10.2 Å². The fourth-order valence-electron chi connectivity index (χ4n) is 2.67. The largest absolute Gasteiger partial charge is 0.395 e. The van der Waals surface area contributed by atoms with Crippen LogP contribution in [-0.2, 0) is 4.79 Å². The van der Waals surface area contributed by atoms with E-state index in [0.717, 1.165) is 23.4 Å². The number of rotatable bonds is 7. The number of aliphatic hydroxyl groups is 1. The molecule has 0 bridgehead atoms. The van der Waals surface area contributed by atoms with Crippen LogP contribution in [0.4, 0.5) is 11.4 Å². The van der Waals surface area contributed by atoms with Crippen molar-refractivity contribution in [2.45, 2.75) is 13.8 Å². The third kappa shape index (κ3) is 5.33. The summed E-state index contributed by atoms with van der Waals surface area (Å²) in [5.74, 6) is -0.510. The van der Waals surface area contributed by atoms with Gasteiger partial charge in [0.25, 0.3) is 5.91 Å².